The highest BCUT2D eigenvalue weighted by Crippen LogP contribution is 2.47. The molecule has 0 saturated heterocycles. The molecule has 116 heavy (non-hydrogen) atoms. The largest absolute Gasteiger partial charge is 0.507 e. The molecule has 1 aliphatic heterocycles. The van der Waals surface area contributed by atoms with Crippen molar-refractivity contribution in [1.29, 1.82) is 10.5 Å². The van der Waals surface area contributed by atoms with Crippen LogP contribution < -0.4 is 10.6 Å². The number of hydrogen-bond acceptors (Lipinski definition) is 12. The number of ketones is 2. The van der Waals surface area contributed by atoms with Gasteiger partial charge in [-0.15, -0.1) is 18.9 Å². The number of unbranched alkanes of at least 4 members (excludes halogenated alkanes) is 1. The van der Waals surface area contributed by atoms with Gasteiger partial charge in [-0.25, -0.2) is 9.59 Å². The highest BCUT2D eigenvalue weighted by Gasteiger charge is 2.37. The molecule has 626 valence electrons. The molecule has 6 aromatic carbocycles. The summed E-state index contributed by atoms with van der Waals surface area (Å²) in [6.45, 7) is 72.9. The molecule has 0 aromatic heterocycles. The molecular weight excluding hydrogens is 1440 g/mol. The molecule has 14 nitrogen and oxygen atoms in total. The first kappa shape index (κ1) is 99.8. The zero-order chi connectivity index (χ0) is 89.5. The van der Waals surface area contributed by atoms with Crippen LogP contribution in [0.4, 0.5) is 4.79 Å². The van der Waals surface area contributed by atoms with Gasteiger partial charge in [0.05, 0.1) is 11.6 Å². The number of phenols is 5. The lowest BCUT2D eigenvalue weighted by Gasteiger charge is -2.32. The predicted octanol–water partition coefficient (Wildman–Crippen LogP) is 24.6. The number of nitrogens with zero attached hydrogens (tertiary/aromatic N) is 2. The Morgan fingerprint density at radius 1 is 0.483 bits per heavy atom. The summed E-state index contributed by atoms with van der Waals surface area (Å²) >= 11 is 0. The minimum Gasteiger partial charge on any atom is -0.507 e. The van der Waals surface area contributed by atoms with E-state index in [2.05, 4.69) is 125 Å². The van der Waals surface area contributed by atoms with E-state index in [0.29, 0.717) is 64.7 Å². The van der Waals surface area contributed by atoms with Gasteiger partial charge in [0.25, 0.3) is 0 Å². The fraction of sp³-hybridized carbons (Fsp3) is 0.471. The minimum absolute atomic E-state index is 0.0207. The predicted molar refractivity (Wildman–Crippen MR) is 480 cm³/mol. The highest BCUT2D eigenvalue weighted by molar-refractivity contribution is 6.07. The van der Waals surface area contributed by atoms with Crippen LogP contribution >= 0.6 is 0 Å². The summed E-state index contributed by atoms with van der Waals surface area (Å²) in [7, 11) is 0. The number of nitrogens with one attached hydrogen (secondary N) is 2. The van der Waals surface area contributed by atoms with E-state index >= 15 is 0 Å². The second-order valence-corrected chi connectivity index (χ2v) is 40.6. The molecule has 14 heteroatoms. The van der Waals surface area contributed by atoms with Gasteiger partial charge in [0.2, 0.25) is 0 Å². The lowest BCUT2D eigenvalue weighted by Crippen LogP contribution is -2.45. The number of amides is 2. The molecule has 2 amide bonds. The molecule has 0 fully saturated rings. The Labute approximate surface area is 697 Å². The second kappa shape index (κ2) is 39.1. The molecule has 0 bridgehead atoms. The lowest BCUT2D eigenvalue weighted by atomic mass is 9.77. The monoisotopic (exact) mass is 1580 g/mol. The van der Waals surface area contributed by atoms with Crippen molar-refractivity contribution in [3.8, 4) is 53.2 Å². The summed E-state index contributed by atoms with van der Waals surface area (Å²) in [5.41, 5.74) is 13.5. The Morgan fingerprint density at radius 3 is 1.15 bits per heavy atom. The standard InChI is InChI=1S/C24H30O2.C23H32N2O4.C20H28O2.C18H22N2O.C17H26O/c1-16-8-11-18(12-9-16)21(25)13-10-17-14-19(23(2,3)4)22(26)20(15-17)24(5,6)7;1-9-10-29-20(27)17-13(2)24-21(28)25-18(17)14-11-15(22(3,4)5)19(26)16(12-14)23(6,7)8;1-8-9-10-11-17(21)14-12-15(19(2,3)4)18(22)16(13-14)20(5,6)7;1-17(2,3)14-8-12(7-13(10-19)11-20)9-15(16(14)21)18(4,5)6;1-8-9-12-10-13(16(2,3)4)15(18)14(11-12)17(5,6)7/h8-15,26H,1-7H3;9,11-12,18,26H,1,10H2,2-8H3,(H2,24,25,28);1,12-13,22H,9-11H2,2-7H3;7-9,21H,1-6H3;8,10-11,18H,1,9H2,2-7H3/b13-10+;;;;. The normalized spacial score (nSPS) is 13.5. The van der Waals surface area contributed by atoms with Crippen LogP contribution in [0.15, 0.2) is 133 Å². The summed E-state index contributed by atoms with van der Waals surface area (Å²) in [6.07, 6.45) is 16.2. The maximum absolute atomic E-state index is 12.7. The molecule has 0 spiro atoms. The zero-order valence-corrected chi connectivity index (χ0v) is 76.2. The van der Waals surface area contributed by atoms with Crippen LogP contribution in [0.1, 0.15) is 344 Å². The quantitative estimate of drug-likeness (QED) is 0.0102. The van der Waals surface area contributed by atoms with Gasteiger partial charge in [-0.2, -0.15) is 10.5 Å². The van der Waals surface area contributed by atoms with Crippen LogP contribution in [0, 0.1) is 41.9 Å². The van der Waals surface area contributed by atoms with Crippen molar-refractivity contribution >= 4 is 35.7 Å². The summed E-state index contributed by atoms with van der Waals surface area (Å²) in [5, 5.41) is 76.8. The minimum atomic E-state index is -0.691. The summed E-state index contributed by atoms with van der Waals surface area (Å²) in [6, 6.07) is 29.5. The first-order chi connectivity index (χ1) is 52.7. The number of rotatable bonds is 14. The fourth-order valence-electron chi connectivity index (χ4n) is 13.0. The summed E-state index contributed by atoms with van der Waals surface area (Å²) < 4.78 is 5.25. The summed E-state index contributed by atoms with van der Waals surface area (Å²) in [5.74, 6) is 3.75. The maximum Gasteiger partial charge on any atom is 0.338 e. The number of urea groups is 1. The molecule has 1 atom stereocenters. The van der Waals surface area contributed by atoms with Gasteiger partial charge < -0.3 is 40.9 Å². The van der Waals surface area contributed by atoms with Crippen LogP contribution in [-0.4, -0.2) is 55.7 Å². The SMILES string of the molecule is C#CCCCC(=O)c1cc(C(C)(C)C)c(O)c(C(C)(C)C)c1.C=CCOC(=O)C1=C(C)NC(=O)NC1c1cc(C(C)(C)C)c(O)c(C(C)(C)C)c1.C=CCc1cc(C(C)(C)C)c(O)c(C(C)(C)C)c1.CC(C)(C)c1cc(C=C(C#N)C#N)cc(C(C)(C)C)c1O.Cc1ccc(C(=O)/C=C/c2cc(C(C)(C)C)c(O)c(C(C)(C)C)c2)cc1. The van der Waals surface area contributed by atoms with Gasteiger partial charge in [-0.05, 0) is 186 Å². The second-order valence-electron chi connectivity index (χ2n) is 40.6. The number of aromatic hydroxyl groups is 5. The Bertz CT molecular complexity index is 4590. The van der Waals surface area contributed by atoms with Gasteiger partial charge in [-0.3, -0.25) is 9.59 Å². The van der Waals surface area contributed by atoms with E-state index in [-0.39, 0.29) is 83.6 Å². The average Bonchev–Trinajstić information content (AvgIpc) is 0.774. The fourth-order valence-corrected chi connectivity index (χ4v) is 13.0. The van der Waals surface area contributed by atoms with Gasteiger partial charge >= 0.3 is 12.0 Å². The smallest absolute Gasteiger partial charge is 0.338 e. The van der Waals surface area contributed by atoms with Gasteiger partial charge in [-0.1, -0.05) is 274 Å². The molecule has 0 radical (unpaired) electrons. The third-order valence-electron chi connectivity index (χ3n) is 19.7. The number of benzene rings is 6. The Morgan fingerprint density at radius 2 is 0.819 bits per heavy atom. The number of terminal acetylenes is 1. The maximum atomic E-state index is 12.7. The van der Waals surface area contributed by atoms with Gasteiger partial charge in [0.1, 0.15) is 53.1 Å². The van der Waals surface area contributed by atoms with E-state index in [1.165, 1.54) is 11.6 Å². The van der Waals surface area contributed by atoms with E-state index in [1.807, 2.05) is 229 Å². The summed E-state index contributed by atoms with van der Waals surface area (Å²) in [4.78, 5) is 49.8. The molecule has 0 aliphatic carbocycles. The number of hydrogen-bond donors (Lipinski definition) is 7. The molecule has 1 aliphatic rings. The van der Waals surface area contributed by atoms with E-state index in [9.17, 15) is 44.7 Å². The zero-order valence-electron chi connectivity index (χ0n) is 76.2. The van der Waals surface area contributed by atoms with Crippen molar-refractivity contribution < 1.29 is 49.4 Å². The van der Waals surface area contributed by atoms with Gasteiger partial charge in [0, 0.05) is 63.0 Å². The van der Waals surface area contributed by atoms with Crippen molar-refractivity contribution in [2.24, 2.45) is 0 Å². The Kier molecular flexibility index (Phi) is 33.6. The van der Waals surface area contributed by atoms with Crippen molar-refractivity contribution in [3.63, 3.8) is 0 Å². The van der Waals surface area contributed by atoms with E-state index in [4.69, 9.17) is 21.7 Å². The first-order valence-corrected chi connectivity index (χ1v) is 40.1. The number of carbonyl (C=O) groups excluding carboxylic acids is 4. The van der Waals surface area contributed by atoms with E-state index < -0.39 is 18.0 Å². The number of allylic oxidation sites excluding steroid dienone is 4. The molecule has 1 unspecified atom stereocenters. The molecule has 7 N–H and O–H groups in total. The van der Waals surface area contributed by atoms with Gasteiger partial charge in [0.15, 0.2) is 11.6 Å². The van der Waals surface area contributed by atoms with Crippen molar-refractivity contribution in [1.82, 2.24) is 10.6 Å². The highest BCUT2D eigenvalue weighted by atomic mass is 16.5. The van der Waals surface area contributed by atoms with E-state index in [1.54, 1.807) is 19.1 Å². The molecular formula is C102H138N4O10. The number of nitriles is 2. The number of ether oxygens (including phenoxy) is 1. The molecule has 7 rings (SSSR count). The Hall–Kier alpha value is -10.4. The van der Waals surface area contributed by atoms with E-state index in [0.717, 1.165) is 84.3 Å². The number of phenolic OH excluding ortho intramolecular Hbond substituents is 5. The van der Waals surface area contributed by atoms with Crippen LogP contribution in [0.3, 0.4) is 0 Å². The van der Waals surface area contributed by atoms with Crippen LogP contribution in [0.25, 0.3) is 12.2 Å². The Balaban J connectivity index is 0.000000379. The van der Waals surface area contributed by atoms with Crippen LogP contribution in [-0.2, 0) is 70.1 Å². The van der Waals surface area contributed by atoms with Crippen LogP contribution in [0.2, 0.25) is 0 Å². The number of carbonyl (C=O) groups is 4. The third-order valence-corrected chi connectivity index (χ3v) is 19.7. The lowest BCUT2D eigenvalue weighted by molar-refractivity contribution is -0.138. The van der Waals surface area contributed by atoms with Crippen molar-refractivity contribution in [2.75, 3.05) is 6.61 Å². The molecule has 1 heterocycles. The number of Topliss-reactive ketones (excluding diaryl/α,β-unsaturated/α-hetero) is 1. The van der Waals surface area contributed by atoms with Crippen molar-refractivity contribution in [3.05, 3.63) is 228 Å². The first-order valence-electron chi connectivity index (χ1n) is 40.1. The molecule has 6 aromatic rings. The number of aryl methyl sites for hydroxylation is 1. The van der Waals surface area contributed by atoms with Crippen molar-refractivity contribution in [2.45, 2.75) is 307 Å². The average molecular weight is 1580 g/mol. The molecule has 0 saturated carbocycles. The van der Waals surface area contributed by atoms with Crippen LogP contribution in [0.5, 0.6) is 28.7 Å². The number of esters is 1. The third kappa shape index (κ3) is 28.2. The topological polar surface area (TPSA) is 250 Å².